The first-order valence-corrected chi connectivity index (χ1v) is 6.76. The van der Waals surface area contributed by atoms with Crippen LogP contribution in [0.3, 0.4) is 0 Å². The third-order valence-corrected chi connectivity index (χ3v) is 4.64. The zero-order valence-electron chi connectivity index (χ0n) is 8.53. The number of carbonyl (C=O) groups is 1. The molecule has 0 spiro atoms. The summed E-state index contributed by atoms with van der Waals surface area (Å²) in [4.78, 5) is 11.6. The number of carbonyl (C=O) groups excluding carboxylic acids is 1. The lowest BCUT2D eigenvalue weighted by molar-refractivity contribution is -0.118. The van der Waals surface area contributed by atoms with E-state index in [1.54, 1.807) is 13.0 Å². The Kier molecular flexibility index (Phi) is 2.67. The summed E-state index contributed by atoms with van der Waals surface area (Å²) < 4.78 is 23.9. The number of fused-ring (bicyclic) bond motifs is 1. The average Bonchev–Trinajstić information content (AvgIpc) is 2.26. The van der Waals surface area contributed by atoms with Crippen LogP contribution in [-0.2, 0) is 14.6 Å². The topological polar surface area (TPSA) is 63.2 Å². The third-order valence-electron chi connectivity index (χ3n) is 2.45. The van der Waals surface area contributed by atoms with Crippen molar-refractivity contribution in [1.29, 1.82) is 0 Å². The summed E-state index contributed by atoms with van der Waals surface area (Å²) in [5, 5.41) is 2.92. The van der Waals surface area contributed by atoms with Crippen molar-refractivity contribution in [3.05, 3.63) is 23.2 Å². The summed E-state index contributed by atoms with van der Waals surface area (Å²) in [6.07, 6.45) is 0. The molecule has 1 heterocycles. The second-order valence-corrected chi connectivity index (χ2v) is 6.25. The minimum absolute atomic E-state index is 0.0951. The maximum absolute atomic E-state index is 12.0. The number of nitrogens with one attached hydrogen (secondary N) is 1. The molecule has 0 saturated carbocycles. The molecule has 6 heteroatoms. The standard InChI is InChI=1S/C10H10ClNO3S/c1-6-5-16(14,15)9-4-7(11)2-3-8(9)12-10(6)13/h2-4,6H,5H2,1H3,(H,12,13). The van der Waals surface area contributed by atoms with E-state index < -0.39 is 15.8 Å². The molecule has 0 radical (unpaired) electrons. The monoisotopic (exact) mass is 259 g/mol. The van der Waals surface area contributed by atoms with Crippen molar-refractivity contribution in [2.75, 3.05) is 11.1 Å². The van der Waals surface area contributed by atoms with E-state index in [1.165, 1.54) is 12.1 Å². The minimum Gasteiger partial charge on any atom is -0.325 e. The fraction of sp³-hybridized carbons (Fsp3) is 0.300. The number of hydrogen-bond donors (Lipinski definition) is 1. The SMILES string of the molecule is CC1CS(=O)(=O)c2cc(Cl)ccc2NC1=O. The van der Waals surface area contributed by atoms with Crippen LogP contribution in [0.5, 0.6) is 0 Å². The minimum atomic E-state index is -3.45. The summed E-state index contributed by atoms with van der Waals surface area (Å²) in [5.41, 5.74) is 0.304. The van der Waals surface area contributed by atoms with E-state index in [-0.39, 0.29) is 16.6 Å². The van der Waals surface area contributed by atoms with E-state index in [2.05, 4.69) is 5.32 Å². The number of halogens is 1. The highest BCUT2D eigenvalue weighted by molar-refractivity contribution is 7.91. The Morgan fingerprint density at radius 2 is 2.12 bits per heavy atom. The Balaban J connectivity index is 2.66. The fourth-order valence-electron chi connectivity index (χ4n) is 1.61. The van der Waals surface area contributed by atoms with Crippen molar-refractivity contribution in [2.24, 2.45) is 5.92 Å². The molecule has 86 valence electrons. The van der Waals surface area contributed by atoms with E-state index >= 15 is 0 Å². The van der Waals surface area contributed by atoms with Gasteiger partial charge in [-0.15, -0.1) is 0 Å². The van der Waals surface area contributed by atoms with Crippen molar-refractivity contribution in [2.45, 2.75) is 11.8 Å². The Bertz CT molecular complexity index is 553. The molecule has 0 aromatic heterocycles. The third kappa shape index (κ3) is 1.92. The lowest BCUT2D eigenvalue weighted by atomic mass is 10.2. The van der Waals surface area contributed by atoms with Gasteiger partial charge in [-0.2, -0.15) is 0 Å². The Morgan fingerprint density at radius 3 is 2.81 bits per heavy atom. The van der Waals surface area contributed by atoms with Crippen LogP contribution in [0.2, 0.25) is 5.02 Å². The van der Waals surface area contributed by atoms with Crippen molar-refractivity contribution in [3.8, 4) is 0 Å². The van der Waals surface area contributed by atoms with Crippen LogP contribution >= 0.6 is 11.6 Å². The van der Waals surface area contributed by atoms with Crippen LogP contribution < -0.4 is 5.32 Å². The number of anilines is 1. The van der Waals surface area contributed by atoms with Gasteiger partial charge in [-0.25, -0.2) is 8.42 Å². The molecule has 0 aliphatic carbocycles. The molecule has 1 amide bonds. The van der Waals surface area contributed by atoms with Gasteiger partial charge >= 0.3 is 0 Å². The molecular formula is C10H10ClNO3S. The molecule has 1 aromatic rings. The zero-order chi connectivity index (χ0) is 11.9. The maximum atomic E-state index is 12.0. The number of rotatable bonds is 0. The van der Waals surface area contributed by atoms with Gasteiger partial charge < -0.3 is 5.32 Å². The zero-order valence-corrected chi connectivity index (χ0v) is 10.1. The number of sulfone groups is 1. The second kappa shape index (κ2) is 3.75. The van der Waals surface area contributed by atoms with E-state index in [0.717, 1.165) is 0 Å². The lowest BCUT2D eigenvalue weighted by Gasteiger charge is -2.06. The molecule has 1 atom stereocenters. The summed E-state index contributed by atoms with van der Waals surface area (Å²) in [6, 6.07) is 4.42. The molecule has 2 rings (SSSR count). The quantitative estimate of drug-likeness (QED) is 0.771. The lowest BCUT2D eigenvalue weighted by Crippen LogP contribution is -2.22. The summed E-state index contributed by atoms with van der Waals surface area (Å²) in [7, 11) is -3.45. The molecule has 0 fully saturated rings. The van der Waals surface area contributed by atoms with Gasteiger partial charge in [0.05, 0.1) is 16.3 Å². The smallest absolute Gasteiger partial charge is 0.228 e. The predicted molar refractivity (Wildman–Crippen MR) is 61.3 cm³/mol. The summed E-state index contributed by atoms with van der Waals surface area (Å²) in [5.74, 6) is -1.03. The first kappa shape index (κ1) is 11.4. The summed E-state index contributed by atoms with van der Waals surface area (Å²) in [6.45, 7) is 1.58. The molecule has 1 unspecified atom stereocenters. The molecule has 1 aliphatic heterocycles. The van der Waals surface area contributed by atoms with Crippen LogP contribution in [-0.4, -0.2) is 20.1 Å². The first-order chi connectivity index (χ1) is 7.40. The van der Waals surface area contributed by atoms with Crippen molar-refractivity contribution >= 4 is 33.0 Å². The molecule has 16 heavy (non-hydrogen) atoms. The van der Waals surface area contributed by atoms with Crippen LogP contribution in [0.15, 0.2) is 23.1 Å². The normalized spacial score (nSPS) is 23.1. The molecule has 1 aliphatic rings. The number of hydrogen-bond acceptors (Lipinski definition) is 3. The average molecular weight is 260 g/mol. The van der Waals surface area contributed by atoms with Gasteiger partial charge in [-0.05, 0) is 18.2 Å². The number of amides is 1. The fourth-order valence-corrected chi connectivity index (χ4v) is 3.59. The molecule has 4 nitrogen and oxygen atoms in total. The second-order valence-electron chi connectivity index (χ2n) is 3.81. The maximum Gasteiger partial charge on any atom is 0.228 e. The van der Waals surface area contributed by atoms with Gasteiger partial charge in [0.1, 0.15) is 0 Å². The predicted octanol–water partition coefficient (Wildman–Crippen LogP) is 1.70. The molecule has 1 aromatic carbocycles. The Morgan fingerprint density at radius 1 is 1.44 bits per heavy atom. The highest BCUT2D eigenvalue weighted by Gasteiger charge is 2.30. The highest BCUT2D eigenvalue weighted by Crippen LogP contribution is 2.30. The molecule has 0 saturated heterocycles. The Labute approximate surface area is 98.5 Å². The highest BCUT2D eigenvalue weighted by atomic mass is 35.5. The van der Waals surface area contributed by atoms with Crippen LogP contribution in [0, 0.1) is 5.92 Å². The summed E-state index contributed by atoms with van der Waals surface area (Å²) >= 11 is 5.75. The first-order valence-electron chi connectivity index (χ1n) is 4.73. The van der Waals surface area contributed by atoms with E-state index in [0.29, 0.717) is 10.7 Å². The van der Waals surface area contributed by atoms with Gasteiger partial charge in [0.25, 0.3) is 0 Å². The van der Waals surface area contributed by atoms with E-state index in [1.807, 2.05) is 0 Å². The van der Waals surface area contributed by atoms with Crippen molar-refractivity contribution in [1.82, 2.24) is 0 Å². The van der Waals surface area contributed by atoms with Crippen LogP contribution in [0.4, 0.5) is 5.69 Å². The Hall–Kier alpha value is -1.07. The van der Waals surface area contributed by atoms with E-state index in [9.17, 15) is 13.2 Å². The van der Waals surface area contributed by atoms with E-state index in [4.69, 9.17) is 11.6 Å². The number of benzene rings is 1. The van der Waals surface area contributed by atoms with Gasteiger partial charge in [0.15, 0.2) is 9.84 Å². The molecule has 1 N–H and O–H groups in total. The van der Waals surface area contributed by atoms with Gasteiger partial charge in [-0.3, -0.25) is 4.79 Å². The largest absolute Gasteiger partial charge is 0.325 e. The molecule has 0 bridgehead atoms. The van der Waals surface area contributed by atoms with Crippen LogP contribution in [0.1, 0.15) is 6.92 Å². The van der Waals surface area contributed by atoms with Gasteiger partial charge in [0, 0.05) is 10.9 Å². The van der Waals surface area contributed by atoms with Gasteiger partial charge in [0.2, 0.25) is 5.91 Å². The van der Waals surface area contributed by atoms with Crippen molar-refractivity contribution < 1.29 is 13.2 Å². The molecular weight excluding hydrogens is 250 g/mol. The van der Waals surface area contributed by atoms with Crippen molar-refractivity contribution in [3.63, 3.8) is 0 Å². The van der Waals surface area contributed by atoms with Gasteiger partial charge in [-0.1, -0.05) is 18.5 Å². The van der Waals surface area contributed by atoms with Crippen LogP contribution in [0.25, 0.3) is 0 Å².